The number of nitrogens with one attached hydrogen (secondary N) is 1. The van der Waals surface area contributed by atoms with Crippen LogP contribution in [0.2, 0.25) is 5.02 Å². The van der Waals surface area contributed by atoms with Gasteiger partial charge < -0.3 is 10.1 Å². The summed E-state index contributed by atoms with van der Waals surface area (Å²) in [5.41, 5.74) is 4.64. The first-order valence-electron chi connectivity index (χ1n) is 8.32. The fourth-order valence-electron chi connectivity index (χ4n) is 4.16. The fraction of sp³-hybridized carbons (Fsp3) is 0.250. The van der Waals surface area contributed by atoms with Crippen molar-refractivity contribution in [1.82, 2.24) is 4.98 Å². The molecule has 4 heteroatoms. The molecule has 0 amide bonds. The summed E-state index contributed by atoms with van der Waals surface area (Å²) < 4.78 is 6.17. The second-order valence-electron chi connectivity index (χ2n) is 6.52. The molecule has 0 radical (unpaired) electrons. The van der Waals surface area contributed by atoms with E-state index in [1.54, 1.807) is 0 Å². The third-order valence-corrected chi connectivity index (χ3v) is 5.43. The van der Waals surface area contributed by atoms with Gasteiger partial charge in [0, 0.05) is 40.4 Å². The minimum absolute atomic E-state index is 0.109. The second kappa shape index (κ2) is 5.47. The van der Waals surface area contributed by atoms with Crippen LogP contribution in [-0.2, 0) is 4.74 Å². The summed E-state index contributed by atoms with van der Waals surface area (Å²) in [4.78, 5) is 4.49. The number of rotatable bonds is 1. The van der Waals surface area contributed by atoms with Crippen molar-refractivity contribution in [3.05, 3.63) is 70.9 Å². The van der Waals surface area contributed by atoms with E-state index in [1.807, 2.05) is 24.4 Å². The molecule has 1 saturated heterocycles. The maximum atomic E-state index is 6.22. The first-order chi connectivity index (χ1) is 11.8. The Labute approximate surface area is 145 Å². The van der Waals surface area contributed by atoms with Crippen LogP contribution < -0.4 is 5.32 Å². The Kier molecular flexibility index (Phi) is 3.25. The average molecular weight is 337 g/mol. The van der Waals surface area contributed by atoms with Crippen molar-refractivity contribution in [2.45, 2.75) is 18.6 Å². The highest BCUT2D eigenvalue weighted by atomic mass is 35.5. The molecule has 5 rings (SSSR count). The molecule has 24 heavy (non-hydrogen) atoms. The molecule has 3 aromatic rings. The SMILES string of the molecule is Clc1cccc(C2Nc3ccc4ncccc4c3[C@@H]3OCC[C@H]23)c1. The van der Waals surface area contributed by atoms with E-state index in [9.17, 15) is 0 Å². The van der Waals surface area contributed by atoms with Gasteiger partial charge in [0.15, 0.2) is 0 Å². The van der Waals surface area contributed by atoms with Gasteiger partial charge in [0.2, 0.25) is 0 Å². The molecule has 1 aromatic heterocycles. The Morgan fingerprint density at radius 1 is 1.12 bits per heavy atom. The Morgan fingerprint density at radius 2 is 2.08 bits per heavy atom. The Bertz CT molecular complexity index is 926. The lowest BCUT2D eigenvalue weighted by atomic mass is 9.80. The molecule has 120 valence electrons. The van der Waals surface area contributed by atoms with Crippen LogP contribution in [0.25, 0.3) is 10.9 Å². The van der Waals surface area contributed by atoms with E-state index in [4.69, 9.17) is 16.3 Å². The van der Waals surface area contributed by atoms with Gasteiger partial charge in [-0.05, 0) is 42.3 Å². The smallest absolute Gasteiger partial charge is 0.0903 e. The van der Waals surface area contributed by atoms with Crippen LogP contribution in [0.5, 0.6) is 0 Å². The van der Waals surface area contributed by atoms with E-state index < -0.39 is 0 Å². The summed E-state index contributed by atoms with van der Waals surface area (Å²) in [6.07, 6.45) is 3.00. The maximum Gasteiger partial charge on any atom is 0.0903 e. The van der Waals surface area contributed by atoms with Crippen molar-refractivity contribution in [1.29, 1.82) is 0 Å². The Hall–Kier alpha value is -2.10. The van der Waals surface area contributed by atoms with Crippen LogP contribution in [0.15, 0.2) is 54.7 Å². The average Bonchev–Trinajstić information content (AvgIpc) is 3.10. The number of nitrogens with zero attached hydrogens (tertiary/aromatic N) is 1. The quantitative estimate of drug-likeness (QED) is 0.668. The number of ether oxygens (including phenoxy) is 1. The van der Waals surface area contributed by atoms with Crippen molar-refractivity contribution in [2.24, 2.45) is 5.92 Å². The number of pyridine rings is 1. The molecule has 0 bridgehead atoms. The molecule has 2 aliphatic heterocycles. The van der Waals surface area contributed by atoms with Crippen LogP contribution in [0.4, 0.5) is 5.69 Å². The van der Waals surface area contributed by atoms with Gasteiger partial charge in [-0.25, -0.2) is 0 Å². The van der Waals surface area contributed by atoms with Crippen molar-refractivity contribution < 1.29 is 4.74 Å². The van der Waals surface area contributed by atoms with Crippen LogP contribution in [-0.4, -0.2) is 11.6 Å². The molecule has 2 aliphatic rings. The number of aromatic nitrogens is 1. The number of fused-ring (bicyclic) bond motifs is 5. The predicted molar refractivity (Wildman–Crippen MR) is 96.4 cm³/mol. The third kappa shape index (κ3) is 2.12. The predicted octanol–water partition coefficient (Wildman–Crippen LogP) is 5.13. The van der Waals surface area contributed by atoms with Crippen molar-refractivity contribution >= 4 is 28.2 Å². The van der Waals surface area contributed by atoms with Gasteiger partial charge in [-0.15, -0.1) is 0 Å². The van der Waals surface area contributed by atoms with Gasteiger partial charge in [-0.1, -0.05) is 29.8 Å². The Balaban J connectivity index is 1.68. The van der Waals surface area contributed by atoms with Crippen molar-refractivity contribution in [3.8, 4) is 0 Å². The van der Waals surface area contributed by atoms with Crippen LogP contribution in [0.3, 0.4) is 0 Å². The topological polar surface area (TPSA) is 34.2 Å². The van der Waals surface area contributed by atoms with Crippen LogP contribution >= 0.6 is 11.6 Å². The number of anilines is 1. The summed E-state index contributed by atoms with van der Waals surface area (Å²) >= 11 is 6.22. The molecule has 2 aromatic carbocycles. The van der Waals surface area contributed by atoms with Crippen molar-refractivity contribution in [3.63, 3.8) is 0 Å². The lowest BCUT2D eigenvalue weighted by Gasteiger charge is -2.37. The molecule has 1 fully saturated rings. The fourth-order valence-corrected chi connectivity index (χ4v) is 4.36. The van der Waals surface area contributed by atoms with E-state index in [0.29, 0.717) is 5.92 Å². The summed E-state index contributed by atoms with van der Waals surface area (Å²) in [6.45, 7) is 0.796. The number of benzene rings is 2. The van der Waals surface area contributed by atoms with E-state index in [0.717, 1.165) is 29.3 Å². The molecule has 0 spiro atoms. The molecule has 0 aliphatic carbocycles. The standard InChI is InChI=1S/C20H17ClN2O/c21-13-4-1-3-12(11-13)19-15-8-10-24-20(15)18-14-5-2-9-22-16(14)6-7-17(18)23-19/h1-7,9,11,15,19-20,23H,8,10H2/t15-,19?,20-/m1/s1. The first-order valence-corrected chi connectivity index (χ1v) is 8.70. The largest absolute Gasteiger partial charge is 0.378 e. The maximum absolute atomic E-state index is 6.22. The molecule has 1 unspecified atom stereocenters. The van der Waals surface area contributed by atoms with E-state index in [1.165, 1.54) is 16.5 Å². The zero-order valence-electron chi connectivity index (χ0n) is 13.1. The van der Waals surface area contributed by atoms with Crippen LogP contribution in [0.1, 0.15) is 29.7 Å². The summed E-state index contributed by atoms with van der Waals surface area (Å²) in [6, 6.07) is 16.7. The highest BCUT2D eigenvalue weighted by Crippen LogP contribution is 2.51. The molecule has 0 saturated carbocycles. The molecule has 3 heterocycles. The number of hydrogen-bond donors (Lipinski definition) is 1. The highest BCUT2D eigenvalue weighted by molar-refractivity contribution is 6.30. The molecule has 3 atom stereocenters. The lowest BCUT2D eigenvalue weighted by molar-refractivity contribution is 0.0841. The van der Waals surface area contributed by atoms with E-state index in [-0.39, 0.29) is 12.1 Å². The molecule has 1 N–H and O–H groups in total. The summed E-state index contributed by atoms with van der Waals surface area (Å²) in [5.74, 6) is 0.404. The molecule has 3 nitrogen and oxygen atoms in total. The zero-order chi connectivity index (χ0) is 16.1. The van der Waals surface area contributed by atoms with Gasteiger partial charge in [0.1, 0.15) is 0 Å². The number of hydrogen-bond acceptors (Lipinski definition) is 3. The number of halogens is 1. The zero-order valence-corrected chi connectivity index (χ0v) is 13.8. The summed E-state index contributed by atoms with van der Waals surface area (Å²) in [7, 11) is 0. The first kappa shape index (κ1) is 14.3. The van der Waals surface area contributed by atoms with Crippen LogP contribution in [0, 0.1) is 5.92 Å². The van der Waals surface area contributed by atoms with Gasteiger partial charge in [0.05, 0.1) is 17.7 Å². The van der Waals surface area contributed by atoms with Gasteiger partial charge in [-0.2, -0.15) is 0 Å². The minimum atomic E-state index is 0.109. The van der Waals surface area contributed by atoms with Gasteiger partial charge in [0.25, 0.3) is 0 Å². The van der Waals surface area contributed by atoms with Gasteiger partial charge >= 0.3 is 0 Å². The Morgan fingerprint density at radius 3 is 3.00 bits per heavy atom. The molecular formula is C20H17ClN2O. The molecular weight excluding hydrogens is 320 g/mol. The normalized spacial score (nSPS) is 25.1. The van der Waals surface area contributed by atoms with E-state index >= 15 is 0 Å². The third-order valence-electron chi connectivity index (χ3n) is 5.20. The monoisotopic (exact) mass is 336 g/mol. The van der Waals surface area contributed by atoms with Crippen molar-refractivity contribution in [2.75, 3.05) is 11.9 Å². The van der Waals surface area contributed by atoms with Gasteiger partial charge in [-0.3, -0.25) is 4.98 Å². The van der Waals surface area contributed by atoms with E-state index in [2.05, 4.69) is 40.6 Å². The second-order valence-corrected chi connectivity index (χ2v) is 6.95. The highest BCUT2D eigenvalue weighted by Gasteiger charge is 2.42. The lowest BCUT2D eigenvalue weighted by Crippen LogP contribution is -2.29. The minimum Gasteiger partial charge on any atom is -0.378 e. The summed E-state index contributed by atoms with van der Waals surface area (Å²) in [5, 5.41) is 5.70.